The maximum absolute atomic E-state index is 12.0. The van der Waals surface area contributed by atoms with E-state index in [-0.39, 0.29) is 5.56 Å². The van der Waals surface area contributed by atoms with E-state index in [9.17, 15) is 14.7 Å². The molecule has 6 heteroatoms. The highest BCUT2D eigenvalue weighted by Gasteiger charge is 2.14. The van der Waals surface area contributed by atoms with Crippen LogP contribution in [0.2, 0.25) is 0 Å². The monoisotopic (exact) mass is 352 g/mol. The van der Waals surface area contributed by atoms with Crippen LogP contribution < -0.4 is 15.6 Å². The molecule has 1 aromatic heterocycles. The Morgan fingerprint density at radius 1 is 1.15 bits per heavy atom. The second kappa shape index (κ2) is 7.74. The lowest BCUT2D eigenvalue weighted by Crippen LogP contribution is -2.28. The summed E-state index contributed by atoms with van der Waals surface area (Å²) in [6.45, 7) is 0.822. The number of ether oxygens (including phenoxy) is 1. The van der Waals surface area contributed by atoms with Crippen molar-refractivity contribution in [2.24, 2.45) is 7.05 Å². The molecule has 0 spiro atoms. The highest BCUT2D eigenvalue weighted by Crippen LogP contribution is 2.20. The Labute approximate surface area is 150 Å². The molecule has 0 atom stereocenters. The molecule has 3 rings (SSSR count). The smallest absolute Gasteiger partial charge is 0.293 e. The van der Waals surface area contributed by atoms with E-state index in [4.69, 9.17) is 4.74 Å². The Balaban J connectivity index is 1.48. The minimum absolute atomic E-state index is 0.0245. The fourth-order valence-electron chi connectivity index (χ4n) is 2.61. The van der Waals surface area contributed by atoms with Crippen LogP contribution in [0.3, 0.4) is 0 Å². The van der Waals surface area contributed by atoms with Gasteiger partial charge in [-0.05, 0) is 35.4 Å². The Morgan fingerprint density at radius 3 is 2.73 bits per heavy atom. The number of nitrogens with one attached hydrogen (secondary N) is 1. The number of hydrogen-bond acceptors (Lipinski definition) is 4. The van der Waals surface area contributed by atoms with Gasteiger partial charge in [0.1, 0.15) is 5.75 Å². The molecule has 3 aromatic rings. The van der Waals surface area contributed by atoms with Gasteiger partial charge >= 0.3 is 0 Å². The van der Waals surface area contributed by atoms with E-state index >= 15 is 0 Å². The third-order valence-corrected chi connectivity index (χ3v) is 4.08. The summed E-state index contributed by atoms with van der Waals surface area (Å²) in [5.41, 5.74) is -0.624. The van der Waals surface area contributed by atoms with E-state index in [0.717, 1.165) is 16.5 Å². The molecule has 134 valence electrons. The molecule has 6 nitrogen and oxygen atoms in total. The lowest BCUT2D eigenvalue weighted by Gasteiger charge is -2.09. The van der Waals surface area contributed by atoms with Gasteiger partial charge in [0.2, 0.25) is 0 Å². The molecule has 1 heterocycles. The number of amides is 1. The molecule has 0 aliphatic heterocycles. The summed E-state index contributed by atoms with van der Waals surface area (Å²) in [5, 5.41) is 14.7. The standard InChI is InChI=1S/C20H20N2O4/c1-22-11-9-17(18(23)20(22)25)19(24)21-10-4-12-26-16-8-7-14-5-2-3-6-15(14)13-16/h2-3,5-9,11,13,23H,4,10,12H2,1H3,(H,21,24). The van der Waals surface area contributed by atoms with E-state index in [1.54, 1.807) is 0 Å². The summed E-state index contributed by atoms with van der Waals surface area (Å²) >= 11 is 0. The fourth-order valence-corrected chi connectivity index (χ4v) is 2.61. The largest absolute Gasteiger partial charge is 0.502 e. The molecule has 0 saturated heterocycles. The first-order chi connectivity index (χ1) is 12.6. The molecule has 2 N–H and O–H groups in total. The quantitative estimate of drug-likeness (QED) is 0.668. The van der Waals surface area contributed by atoms with Crippen LogP contribution in [-0.2, 0) is 7.05 Å². The van der Waals surface area contributed by atoms with Crippen molar-refractivity contribution >= 4 is 16.7 Å². The second-order valence-electron chi connectivity index (χ2n) is 5.96. The molecule has 0 radical (unpaired) electrons. The van der Waals surface area contributed by atoms with Crippen molar-refractivity contribution in [3.8, 4) is 11.5 Å². The molecular weight excluding hydrogens is 332 g/mol. The molecule has 0 bridgehead atoms. The van der Waals surface area contributed by atoms with Crippen molar-refractivity contribution < 1.29 is 14.6 Å². The molecule has 0 aliphatic rings. The zero-order valence-corrected chi connectivity index (χ0v) is 14.4. The molecule has 0 unspecified atom stereocenters. The van der Waals surface area contributed by atoms with Gasteiger partial charge in [0.15, 0.2) is 5.75 Å². The number of aryl methyl sites for hydroxylation is 1. The van der Waals surface area contributed by atoms with Gasteiger partial charge in [0.05, 0.1) is 12.2 Å². The SMILES string of the molecule is Cn1ccc(C(=O)NCCCOc2ccc3ccccc3c2)c(O)c1=O. The van der Waals surface area contributed by atoms with E-state index in [1.165, 1.54) is 23.9 Å². The zero-order valence-electron chi connectivity index (χ0n) is 14.4. The van der Waals surface area contributed by atoms with Gasteiger partial charge in [-0.15, -0.1) is 0 Å². The molecule has 0 fully saturated rings. The number of carbonyl (C=O) groups is 1. The first-order valence-corrected chi connectivity index (χ1v) is 8.34. The number of aromatic hydroxyl groups is 1. The molecule has 0 aliphatic carbocycles. The van der Waals surface area contributed by atoms with Crippen molar-refractivity contribution in [2.75, 3.05) is 13.2 Å². The van der Waals surface area contributed by atoms with Crippen LogP contribution in [0, 0.1) is 0 Å². The van der Waals surface area contributed by atoms with Crippen LogP contribution in [0.25, 0.3) is 10.8 Å². The van der Waals surface area contributed by atoms with Gasteiger partial charge in [0.25, 0.3) is 11.5 Å². The zero-order chi connectivity index (χ0) is 18.5. The maximum Gasteiger partial charge on any atom is 0.293 e. The van der Waals surface area contributed by atoms with Crippen molar-refractivity contribution in [2.45, 2.75) is 6.42 Å². The minimum atomic E-state index is -0.600. The Bertz CT molecular complexity index is 995. The number of hydrogen-bond donors (Lipinski definition) is 2. The van der Waals surface area contributed by atoms with Crippen molar-refractivity contribution in [3.63, 3.8) is 0 Å². The molecule has 1 amide bonds. The topological polar surface area (TPSA) is 80.6 Å². The molecule has 26 heavy (non-hydrogen) atoms. The van der Waals surface area contributed by atoms with Gasteiger partial charge in [-0.25, -0.2) is 0 Å². The van der Waals surface area contributed by atoms with E-state index in [2.05, 4.69) is 5.32 Å². The van der Waals surface area contributed by atoms with Crippen LogP contribution >= 0.6 is 0 Å². The first-order valence-electron chi connectivity index (χ1n) is 8.34. The first kappa shape index (κ1) is 17.5. The fraction of sp³-hybridized carbons (Fsp3) is 0.200. The normalized spacial score (nSPS) is 10.7. The average Bonchev–Trinajstić information content (AvgIpc) is 2.65. The summed E-state index contributed by atoms with van der Waals surface area (Å²) in [5.74, 6) is -0.245. The van der Waals surface area contributed by atoms with E-state index in [1.807, 2.05) is 42.5 Å². The summed E-state index contributed by atoms with van der Waals surface area (Å²) in [4.78, 5) is 23.7. The number of nitrogens with zero attached hydrogens (tertiary/aromatic N) is 1. The van der Waals surface area contributed by atoms with E-state index < -0.39 is 17.2 Å². The number of aromatic nitrogens is 1. The number of carbonyl (C=O) groups excluding carboxylic acids is 1. The predicted octanol–water partition coefficient (Wildman–Crippen LogP) is 2.44. The van der Waals surface area contributed by atoms with Crippen molar-refractivity contribution in [1.82, 2.24) is 9.88 Å². The number of rotatable bonds is 6. The minimum Gasteiger partial charge on any atom is -0.502 e. The summed E-state index contributed by atoms with van der Waals surface area (Å²) in [7, 11) is 1.51. The Hall–Kier alpha value is -3.28. The van der Waals surface area contributed by atoms with Gasteiger partial charge < -0.3 is 19.7 Å². The summed E-state index contributed by atoms with van der Waals surface area (Å²) < 4.78 is 6.92. The van der Waals surface area contributed by atoms with Crippen LogP contribution in [0.1, 0.15) is 16.8 Å². The molecule has 0 saturated carbocycles. The van der Waals surface area contributed by atoms with Crippen molar-refractivity contribution in [3.05, 3.63) is 70.6 Å². The summed E-state index contributed by atoms with van der Waals surface area (Å²) in [6, 6.07) is 15.4. The van der Waals surface area contributed by atoms with Crippen molar-refractivity contribution in [1.29, 1.82) is 0 Å². The number of fused-ring (bicyclic) bond motifs is 1. The van der Waals surface area contributed by atoms with Crippen LogP contribution in [0.5, 0.6) is 11.5 Å². The average molecular weight is 352 g/mol. The van der Waals surface area contributed by atoms with E-state index in [0.29, 0.717) is 19.6 Å². The highest BCUT2D eigenvalue weighted by atomic mass is 16.5. The third-order valence-electron chi connectivity index (χ3n) is 4.08. The maximum atomic E-state index is 12.0. The molecule has 2 aromatic carbocycles. The lowest BCUT2D eigenvalue weighted by atomic mass is 10.1. The highest BCUT2D eigenvalue weighted by molar-refractivity contribution is 5.96. The number of pyridine rings is 1. The Kier molecular flexibility index (Phi) is 5.22. The third kappa shape index (κ3) is 3.85. The van der Waals surface area contributed by atoms with Gasteiger partial charge in [-0.1, -0.05) is 30.3 Å². The lowest BCUT2D eigenvalue weighted by molar-refractivity contribution is 0.0948. The van der Waals surface area contributed by atoms with Gasteiger partial charge in [-0.3, -0.25) is 9.59 Å². The predicted molar refractivity (Wildman–Crippen MR) is 99.7 cm³/mol. The Morgan fingerprint density at radius 2 is 1.92 bits per heavy atom. The van der Waals surface area contributed by atoms with Crippen LogP contribution in [-0.4, -0.2) is 28.7 Å². The summed E-state index contributed by atoms with van der Waals surface area (Å²) in [6.07, 6.45) is 2.05. The van der Waals surface area contributed by atoms with Gasteiger partial charge in [0, 0.05) is 19.8 Å². The van der Waals surface area contributed by atoms with Gasteiger partial charge in [-0.2, -0.15) is 0 Å². The van der Waals surface area contributed by atoms with Crippen LogP contribution in [0.4, 0.5) is 0 Å². The number of benzene rings is 2. The molecular formula is C20H20N2O4. The second-order valence-corrected chi connectivity index (χ2v) is 5.96. The van der Waals surface area contributed by atoms with Crippen LogP contribution in [0.15, 0.2) is 59.5 Å².